The summed E-state index contributed by atoms with van der Waals surface area (Å²) in [5, 5.41) is 11.0. The molecule has 4 heteroatoms. The maximum atomic E-state index is 13.0. The van der Waals surface area contributed by atoms with Crippen molar-refractivity contribution in [1.29, 1.82) is 0 Å². The normalized spacial score (nSPS) is 30.3. The molecule has 0 amide bonds. The Kier molecular flexibility index (Phi) is 3.92. The number of nitrogens with zero attached hydrogens (tertiary/aromatic N) is 1. The molecule has 1 aromatic rings. The molecule has 1 heterocycles. The van der Waals surface area contributed by atoms with E-state index in [0.717, 1.165) is 31.9 Å². The van der Waals surface area contributed by atoms with Crippen LogP contribution < -0.4 is 5.73 Å². The number of nitrogens with two attached hydrogens (primary N) is 1. The molecule has 0 aliphatic heterocycles. The Labute approximate surface area is 114 Å². The van der Waals surface area contributed by atoms with Crippen LogP contribution in [0.2, 0.25) is 0 Å². The summed E-state index contributed by atoms with van der Waals surface area (Å²) in [5.74, 6) is 0.217. The highest BCUT2D eigenvalue weighted by Gasteiger charge is 2.51. The number of rotatable bonds is 4. The molecule has 3 atom stereocenters. The Bertz CT molecular complexity index is 432. The molecule has 106 valence electrons. The standard InChI is InChI=1S/C15H23FN2O/c1-3-11-6-7-15(8-11,10-17)14(2,19)13-5-4-12(16)9-18-13/h4-5,9,11,19H,3,6-8,10,17H2,1-2H3. The zero-order chi connectivity index (χ0) is 14.1. The predicted molar refractivity (Wildman–Crippen MR) is 72.9 cm³/mol. The lowest BCUT2D eigenvalue weighted by molar-refractivity contribution is -0.0748. The van der Waals surface area contributed by atoms with Gasteiger partial charge >= 0.3 is 0 Å². The monoisotopic (exact) mass is 266 g/mol. The summed E-state index contributed by atoms with van der Waals surface area (Å²) in [6, 6.07) is 2.90. The second-order valence-electron chi connectivity index (χ2n) is 5.94. The number of hydrogen-bond donors (Lipinski definition) is 2. The average molecular weight is 266 g/mol. The van der Waals surface area contributed by atoms with E-state index >= 15 is 0 Å². The van der Waals surface area contributed by atoms with E-state index in [2.05, 4.69) is 11.9 Å². The molecule has 2 rings (SSSR count). The summed E-state index contributed by atoms with van der Waals surface area (Å²) in [5.41, 5.74) is 5.03. The first kappa shape index (κ1) is 14.4. The fourth-order valence-corrected chi connectivity index (χ4v) is 3.35. The van der Waals surface area contributed by atoms with Crippen molar-refractivity contribution in [2.75, 3.05) is 6.54 Å². The van der Waals surface area contributed by atoms with Crippen LogP contribution in [0.15, 0.2) is 18.3 Å². The molecule has 0 aromatic carbocycles. The topological polar surface area (TPSA) is 59.1 Å². The molecule has 1 saturated carbocycles. The molecular formula is C15H23FN2O. The van der Waals surface area contributed by atoms with Crippen LogP contribution in [0.5, 0.6) is 0 Å². The second kappa shape index (κ2) is 5.17. The molecule has 0 radical (unpaired) electrons. The van der Waals surface area contributed by atoms with Gasteiger partial charge in [0.25, 0.3) is 0 Å². The Morgan fingerprint density at radius 3 is 2.79 bits per heavy atom. The van der Waals surface area contributed by atoms with Gasteiger partial charge in [0.2, 0.25) is 0 Å². The van der Waals surface area contributed by atoms with Gasteiger partial charge in [0.1, 0.15) is 11.4 Å². The highest BCUT2D eigenvalue weighted by atomic mass is 19.1. The van der Waals surface area contributed by atoms with Gasteiger partial charge in [0, 0.05) is 12.0 Å². The van der Waals surface area contributed by atoms with Gasteiger partial charge in [-0.3, -0.25) is 4.98 Å². The van der Waals surface area contributed by atoms with Gasteiger partial charge in [0.15, 0.2) is 0 Å². The maximum Gasteiger partial charge on any atom is 0.141 e. The van der Waals surface area contributed by atoms with Gasteiger partial charge in [-0.1, -0.05) is 13.3 Å². The Morgan fingerprint density at radius 2 is 2.32 bits per heavy atom. The predicted octanol–water partition coefficient (Wildman–Crippen LogP) is 2.58. The number of halogens is 1. The number of hydrogen-bond acceptors (Lipinski definition) is 3. The van der Waals surface area contributed by atoms with E-state index in [-0.39, 0.29) is 11.2 Å². The van der Waals surface area contributed by atoms with E-state index < -0.39 is 5.60 Å². The lowest BCUT2D eigenvalue weighted by atomic mass is 9.69. The minimum atomic E-state index is -1.11. The molecule has 1 aromatic heterocycles. The van der Waals surface area contributed by atoms with E-state index in [9.17, 15) is 9.50 Å². The van der Waals surface area contributed by atoms with Crippen molar-refractivity contribution in [2.24, 2.45) is 17.1 Å². The molecule has 1 fully saturated rings. The number of aromatic nitrogens is 1. The van der Waals surface area contributed by atoms with E-state index in [1.807, 2.05) is 0 Å². The van der Waals surface area contributed by atoms with Crippen molar-refractivity contribution in [3.05, 3.63) is 29.8 Å². The van der Waals surface area contributed by atoms with Crippen molar-refractivity contribution < 1.29 is 9.50 Å². The lowest BCUT2D eigenvalue weighted by Crippen LogP contribution is -2.47. The minimum Gasteiger partial charge on any atom is -0.383 e. The van der Waals surface area contributed by atoms with Gasteiger partial charge in [-0.2, -0.15) is 0 Å². The van der Waals surface area contributed by atoms with Crippen LogP contribution in [0.3, 0.4) is 0 Å². The first-order valence-electron chi connectivity index (χ1n) is 6.99. The van der Waals surface area contributed by atoms with Gasteiger partial charge in [0.05, 0.1) is 11.9 Å². The molecule has 1 aliphatic carbocycles. The maximum absolute atomic E-state index is 13.0. The van der Waals surface area contributed by atoms with Gasteiger partial charge in [-0.15, -0.1) is 0 Å². The fourth-order valence-electron chi connectivity index (χ4n) is 3.35. The van der Waals surface area contributed by atoms with Crippen molar-refractivity contribution in [1.82, 2.24) is 4.98 Å². The van der Waals surface area contributed by atoms with E-state index in [1.54, 1.807) is 13.0 Å². The van der Waals surface area contributed by atoms with E-state index in [4.69, 9.17) is 5.73 Å². The summed E-state index contributed by atoms with van der Waals surface area (Å²) in [4.78, 5) is 4.06. The molecular weight excluding hydrogens is 243 g/mol. The van der Waals surface area contributed by atoms with Crippen molar-refractivity contribution >= 4 is 0 Å². The van der Waals surface area contributed by atoms with Gasteiger partial charge in [-0.05, 0) is 44.2 Å². The van der Waals surface area contributed by atoms with Crippen LogP contribution in [0.4, 0.5) is 4.39 Å². The fraction of sp³-hybridized carbons (Fsp3) is 0.667. The molecule has 3 N–H and O–H groups in total. The third-order valence-electron chi connectivity index (χ3n) is 4.94. The molecule has 1 aliphatic rings. The summed E-state index contributed by atoms with van der Waals surface area (Å²) < 4.78 is 13.0. The first-order chi connectivity index (χ1) is 8.95. The van der Waals surface area contributed by atoms with Crippen molar-refractivity contribution in [3.8, 4) is 0 Å². The summed E-state index contributed by atoms with van der Waals surface area (Å²) in [7, 11) is 0. The summed E-state index contributed by atoms with van der Waals surface area (Å²) in [6.45, 7) is 4.36. The minimum absolute atomic E-state index is 0.349. The molecule has 0 bridgehead atoms. The van der Waals surface area contributed by atoms with Gasteiger partial charge < -0.3 is 10.8 Å². The summed E-state index contributed by atoms with van der Waals surface area (Å²) in [6.07, 6.45) is 5.15. The van der Waals surface area contributed by atoms with E-state index in [1.165, 1.54) is 6.07 Å². The zero-order valence-electron chi connectivity index (χ0n) is 11.7. The van der Waals surface area contributed by atoms with Crippen LogP contribution in [0, 0.1) is 17.2 Å². The van der Waals surface area contributed by atoms with Crippen molar-refractivity contribution in [2.45, 2.75) is 45.1 Å². The second-order valence-corrected chi connectivity index (χ2v) is 5.94. The highest BCUT2D eigenvalue weighted by Crippen LogP contribution is 2.52. The largest absolute Gasteiger partial charge is 0.383 e. The number of pyridine rings is 1. The Balaban J connectivity index is 2.33. The highest BCUT2D eigenvalue weighted by molar-refractivity contribution is 5.19. The van der Waals surface area contributed by atoms with E-state index in [0.29, 0.717) is 18.2 Å². The Morgan fingerprint density at radius 1 is 1.58 bits per heavy atom. The molecule has 19 heavy (non-hydrogen) atoms. The number of aliphatic hydroxyl groups is 1. The molecule has 3 nitrogen and oxygen atoms in total. The average Bonchev–Trinajstić information content (AvgIpc) is 2.84. The molecule has 0 spiro atoms. The smallest absolute Gasteiger partial charge is 0.141 e. The van der Waals surface area contributed by atoms with Crippen LogP contribution >= 0.6 is 0 Å². The molecule has 3 unspecified atom stereocenters. The third kappa shape index (κ3) is 2.39. The zero-order valence-corrected chi connectivity index (χ0v) is 11.7. The first-order valence-corrected chi connectivity index (χ1v) is 6.99. The lowest BCUT2D eigenvalue weighted by Gasteiger charge is -2.42. The van der Waals surface area contributed by atoms with Crippen molar-refractivity contribution in [3.63, 3.8) is 0 Å². The third-order valence-corrected chi connectivity index (χ3v) is 4.94. The quantitative estimate of drug-likeness (QED) is 0.880. The van der Waals surface area contributed by atoms with Crippen LogP contribution in [-0.4, -0.2) is 16.6 Å². The molecule has 0 saturated heterocycles. The van der Waals surface area contributed by atoms with Crippen LogP contribution in [0.1, 0.15) is 45.2 Å². The summed E-state index contributed by atoms with van der Waals surface area (Å²) >= 11 is 0. The van der Waals surface area contributed by atoms with Crippen LogP contribution in [-0.2, 0) is 5.60 Å². The Hall–Kier alpha value is -1.00. The van der Waals surface area contributed by atoms with Gasteiger partial charge in [-0.25, -0.2) is 4.39 Å². The SMILES string of the molecule is CCC1CCC(CN)(C(C)(O)c2ccc(F)cn2)C1. The van der Waals surface area contributed by atoms with Crippen LogP contribution in [0.25, 0.3) is 0 Å².